The second kappa shape index (κ2) is 5.58. The summed E-state index contributed by atoms with van der Waals surface area (Å²) in [6, 6.07) is 3.81. The van der Waals surface area contributed by atoms with Crippen molar-refractivity contribution in [2.24, 2.45) is 0 Å². The van der Waals surface area contributed by atoms with Crippen LogP contribution in [0.5, 0.6) is 5.88 Å². The van der Waals surface area contributed by atoms with Crippen LogP contribution in [0.3, 0.4) is 0 Å². The maximum Gasteiger partial charge on any atom is 0.256 e. The number of nitrogens with zero attached hydrogens (tertiary/aromatic N) is 3. The zero-order valence-electron chi connectivity index (χ0n) is 11.2. The van der Waals surface area contributed by atoms with Gasteiger partial charge < -0.3 is 9.64 Å². The first-order valence-electron chi connectivity index (χ1n) is 6.47. The van der Waals surface area contributed by atoms with E-state index in [1.54, 1.807) is 43.0 Å². The fraction of sp³-hybridized carbons (Fsp3) is 0.357. The Morgan fingerprint density at radius 3 is 2.85 bits per heavy atom. The summed E-state index contributed by atoms with van der Waals surface area (Å²) in [6.07, 6.45) is 5.48. The number of methoxy groups -OCH3 is 1. The van der Waals surface area contributed by atoms with Crippen LogP contribution in [0, 0.1) is 0 Å². The molecule has 1 saturated carbocycles. The Morgan fingerprint density at radius 1 is 1.45 bits per heavy atom. The van der Waals surface area contributed by atoms with Gasteiger partial charge in [-0.15, -0.1) is 11.3 Å². The Kier molecular flexibility index (Phi) is 3.64. The molecule has 0 bridgehead atoms. The van der Waals surface area contributed by atoms with Crippen LogP contribution >= 0.6 is 11.3 Å². The van der Waals surface area contributed by atoms with Crippen molar-refractivity contribution in [2.75, 3.05) is 7.11 Å². The smallest absolute Gasteiger partial charge is 0.256 e. The van der Waals surface area contributed by atoms with Gasteiger partial charge in [0.15, 0.2) is 0 Å². The molecule has 1 fully saturated rings. The molecule has 1 aliphatic carbocycles. The Balaban J connectivity index is 1.77. The van der Waals surface area contributed by atoms with E-state index in [0.717, 1.165) is 17.8 Å². The van der Waals surface area contributed by atoms with Crippen LogP contribution in [0.25, 0.3) is 0 Å². The molecule has 1 amide bonds. The minimum Gasteiger partial charge on any atom is -0.481 e. The molecule has 1 aliphatic rings. The van der Waals surface area contributed by atoms with E-state index >= 15 is 0 Å². The minimum atomic E-state index is 0.0119. The van der Waals surface area contributed by atoms with Crippen molar-refractivity contribution in [2.45, 2.75) is 25.4 Å². The van der Waals surface area contributed by atoms with Crippen LogP contribution in [0.4, 0.5) is 0 Å². The molecule has 104 valence electrons. The number of hydrogen-bond donors (Lipinski definition) is 0. The Hall–Kier alpha value is -1.95. The number of ether oxygens (including phenoxy) is 1. The SMILES string of the molecule is COc1ccc(C(=O)N(Cc2nccs2)C2CC2)cn1. The van der Waals surface area contributed by atoms with Crippen molar-refractivity contribution in [3.05, 3.63) is 40.5 Å². The molecule has 0 aliphatic heterocycles. The van der Waals surface area contributed by atoms with Gasteiger partial charge in [0.1, 0.15) is 5.01 Å². The molecule has 6 heteroatoms. The third-order valence-electron chi connectivity index (χ3n) is 3.23. The topological polar surface area (TPSA) is 55.3 Å². The highest BCUT2D eigenvalue weighted by atomic mass is 32.1. The summed E-state index contributed by atoms with van der Waals surface area (Å²) in [4.78, 5) is 22.8. The first kappa shape index (κ1) is 13.1. The van der Waals surface area contributed by atoms with Gasteiger partial charge in [-0.3, -0.25) is 4.79 Å². The number of thiazole rings is 1. The van der Waals surface area contributed by atoms with Gasteiger partial charge in [0, 0.05) is 29.9 Å². The average molecular weight is 289 g/mol. The van der Waals surface area contributed by atoms with Crippen molar-refractivity contribution in [3.63, 3.8) is 0 Å². The van der Waals surface area contributed by atoms with Crippen molar-refractivity contribution >= 4 is 17.2 Å². The molecular formula is C14H15N3O2S. The Labute approximate surface area is 121 Å². The molecule has 0 unspecified atom stereocenters. The minimum absolute atomic E-state index is 0.0119. The van der Waals surface area contributed by atoms with Crippen molar-refractivity contribution in [3.8, 4) is 5.88 Å². The molecular weight excluding hydrogens is 274 g/mol. The van der Waals surface area contributed by atoms with E-state index in [4.69, 9.17) is 4.74 Å². The lowest BCUT2D eigenvalue weighted by atomic mass is 10.2. The number of aromatic nitrogens is 2. The molecule has 0 spiro atoms. The normalized spacial score (nSPS) is 14.1. The first-order chi connectivity index (χ1) is 9.78. The quantitative estimate of drug-likeness (QED) is 0.848. The third-order valence-corrected chi connectivity index (χ3v) is 3.99. The highest BCUT2D eigenvalue weighted by Crippen LogP contribution is 2.30. The number of carbonyl (C=O) groups excluding carboxylic acids is 1. The first-order valence-corrected chi connectivity index (χ1v) is 7.35. The van der Waals surface area contributed by atoms with E-state index in [2.05, 4.69) is 9.97 Å². The van der Waals surface area contributed by atoms with Crippen LogP contribution in [-0.2, 0) is 6.54 Å². The molecule has 0 saturated heterocycles. The van der Waals surface area contributed by atoms with E-state index in [0.29, 0.717) is 24.0 Å². The van der Waals surface area contributed by atoms with E-state index in [9.17, 15) is 4.79 Å². The zero-order chi connectivity index (χ0) is 13.9. The molecule has 5 nitrogen and oxygen atoms in total. The second-order valence-electron chi connectivity index (χ2n) is 4.68. The van der Waals surface area contributed by atoms with Gasteiger partial charge in [0.25, 0.3) is 5.91 Å². The number of amides is 1. The maximum absolute atomic E-state index is 12.6. The summed E-state index contributed by atoms with van der Waals surface area (Å²) < 4.78 is 5.01. The van der Waals surface area contributed by atoms with Crippen LogP contribution in [-0.4, -0.2) is 33.9 Å². The summed E-state index contributed by atoms with van der Waals surface area (Å²) in [5.74, 6) is 0.525. The lowest BCUT2D eigenvalue weighted by molar-refractivity contribution is 0.0729. The van der Waals surface area contributed by atoms with Crippen LogP contribution in [0.15, 0.2) is 29.9 Å². The molecule has 2 aromatic rings. The van der Waals surface area contributed by atoms with Gasteiger partial charge in [-0.2, -0.15) is 0 Å². The Bertz CT molecular complexity index is 579. The summed E-state index contributed by atoms with van der Waals surface area (Å²) in [6.45, 7) is 0.577. The highest BCUT2D eigenvalue weighted by Gasteiger charge is 2.33. The summed E-state index contributed by atoms with van der Waals surface area (Å²) in [5, 5.41) is 2.89. The predicted molar refractivity (Wildman–Crippen MR) is 75.8 cm³/mol. The second-order valence-corrected chi connectivity index (χ2v) is 5.66. The molecule has 3 rings (SSSR count). The summed E-state index contributed by atoms with van der Waals surface area (Å²) in [5.41, 5.74) is 0.592. The van der Waals surface area contributed by atoms with Gasteiger partial charge >= 0.3 is 0 Å². The van der Waals surface area contributed by atoms with E-state index in [1.807, 2.05) is 10.3 Å². The van der Waals surface area contributed by atoms with E-state index in [1.165, 1.54) is 0 Å². The van der Waals surface area contributed by atoms with Crippen LogP contribution in [0.1, 0.15) is 28.2 Å². The predicted octanol–water partition coefficient (Wildman–Crippen LogP) is 2.35. The van der Waals surface area contributed by atoms with Crippen LogP contribution < -0.4 is 4.74 Å². The van der Waals surface area contributed by atoms with E-state index in [-0.39, 0.29) is 5.91 Å². The van der Waals surface area contributed by atoms with Gasteiger partial charge in [-0.1, -0.05) is 0 Å². The molecule has 2 heterocycles. The Morgan fingerprint density at radius 2 is 2.30 bits per heavy atom. The summed E-state index contributed by atoms with van der Waals surface area (Å²) in [7, 11) is 1.56. The number of hydrogen-bond acceptors (Lipinski definition) is 5. The largest absolute Gasteiger partial charge is 0.481 e. The standard InChI is InChI=1S/C14H15N3O2S/c1-19-12-5-2-10(8-16-12)14(18)17(11-3-4-11)9-13-15-6-7-20-13/h2,5-8,11H,3-4,9H2,1H3. The molecule has 0 N–H and O–H groups in total. The van der Waals surface area contributed by atoms with Crippen molar-refractivity contribution < 1.29 is 9.53 Å². The highest BCUT2D eigenvalue weighted by molar-refractivity contribution is 7.09. The molecule has 2 aromatic heterocycles. The molecule has 0 radical (unpaired) electrons. The monoisotopic (exact) mass is 289 g/mol. The van der Waals surface area contributed by atoms with Crippen LogP contribution in [0.2, 0.25) is 0 Å². The lowest BCUT2D eigenvalue weighted by Gasteiger charge is -2.21. The number of carbonyl (C=O) groups is 1. The third kappa shape index (κ3) is 2.80. The fourth-order valence-electron chi connectivity index (χ4n) is 2.02. The molecule has 0 atom stereocenters. The summed E-state index contributed by atoms with van der Waals surface area (Å²) >= 11 is 1.57. The van der Waals surface area contributed by atoms with Gasteiger partial charge in [-0.05, 0) is 18.9 Å². The molecule has 0 aromatic carbocycles. The zero-order valence-corrected chi connectivity index (χ0v) is 12.0. The fourth-order valence-corrected chi connectivity index (χ4v) is 2.64. The average Bonchev–Trinajstić information content (AvgIpc) is 3.21. The van der Waals surface area contributed by atoms with Gasteiger partial charge in [-0.25, -0.2) is 9.97 Å². The van der Waals surface area contributed by atoms with Gasteiger partial charge in [0.05, 0.1) is 19.2 Å². The number of pyridine rings is 1. The van der Waals surface area contributed by atoms with Crippen molar-refractivity contribution in [1.29, 1.82) is 0 Å². The number of rotatable bonds is 5. The van der Waals surface area contributed by atoms with E-state index < -0.39 is 0 Å². The molecule has 20 heavy (non-hydrogen) atoms. The maximum atomic E-state index is 12.6. The van der Waals surface area contributed by atoms with Gasteiger partial charge in [0.2, 0.25) is 5.88 Å². The van der Waals surface area contributed by atoms with Crippen molar-refractivity contribution in [1.82, 2.24) is 14.9 Å². The lowest BCUT2D eigenvalue weighted by Crippen LogP contribution is -2.32.